The van der Waals surface area contributed by atoms with Gasteiger partial charge in [-0.3, -0.25) is 4.79 Å². The molecule has 0 saturated carbocycles. The van der Waals surface area contributed by atoms with Gasteiger partial charge in [-0.2, -0.15) is 8.42 Å². The molecule has 0 aliphatic carbocycles. The third-order valence-corrected chi connectivity index (χ3v) is 9.03. The summed E-state index contributed by atoms with van der Waals surface area (Å²) in [5, 5.41) is 0. The van der Waals surface area contributed by atoms with E-state index in [9.17, 15) is 13.2 Å². The van der Waals surface area contributed by atoms with E-state index in [0.717, 1.165) is 37.2 Å². The zero-order chi connectivity index (χ0) is 14.4. The molecule has 0 aromatic carbocycles. The minimum absolute atomic E-state index is 0.0819. The number of rotatable bonds is 8. The molecule has 1 fully saturated rings. The van der Waals surface area contributed by atoms with Gasteiger partial charge in [-0.1, -0.05) is 26.7 Å². The minimum Gasteiger partial charge on any atom is -0.299 e. The summed E-state index contributed by atoms with van der Waals surface area (Å²) in [6.45, 7) is 3.78. The van der Waals surface area contributed by atoms with Crippen molar-refractivity contribution >= 4 is 26.2 Å². The van der Waals surface area contributed by atoms with E-state index < -0.39 is 20.4 Å². The first kappa shape index (κ1) is 17.0. The Kier molecular flexibility index (Phi) is 6.83. The molecule has 4 nitrogen and oxygen atoms in total. The summed E-state index contributed by atoms with van der Waals surface area (Å²) < 4.78 is 29.6. The molecule has 0 spiro atoms. The van der Waals surface area contributed by atoms with Gasteiger partial charge in [0.25, 0.3) is 10.1 Å². The van der Waals surface area contributed by atoms with Crippen molar-refractivity contribution in [2.75, 3.05) is 23.0 Å². The predicted molar refractivity (Wildman–Crippen MR) is 81.1 cm³/mol. The second-order valence-corrected chi connectivity index (χ2v) is 10.3. The van der Waals surface area contributed by atoms with Crippen LogP contribution in [0.25, 0.3) is 0 Å². The topological polar surface area (TPSA) is 60.4 Å². The summed E-state index contributed by atoms with van der Waals surface area (Å²) in [4.78, 5) is 11.7. The Morgan fingerprint density at radius 2 is 1.79 bits per heavy atom. The molecule has 0 amide bonds. The van der Waals surface area contributed by atoms with Crippen LogP contribution < -0.4 is 0 Å². The Morgan fingerprint density at radius 1 is 1.16 bits per heavy atom. The molecule has 0 bridgehead atoms. The van der Waals surface area contributed by atoms with Gasteiger partial charge in [-0.05, 0) is 19.3 Å². The van der Waals surface area contributed by atoms with Crippen molar-refractivity contribution in [3.05, 3.63) is 0 Å². The summed E-state index contributed by atoms with van der Waals surface area (Å²) >= 11 is 0. The van der Waals surface area contributed by atoms with Gasteiger partial charge >= 0.3 is 0 Å². The Labute approximate surface area is 118 Å². The lowest BCUT2D eigenvalue weighted by atomic mass is 10.3. The van der Waals surface area contributed by atoms with Crippen molar-refractivity contribution < 1.29 is 16.8 Å². The van der Waals surface area contributed by atoms with Gasteiger partial charge in [-0.15, -0.1) is 10.3 Å². The zero-order valence-corrected chi connectivity index (χ0v) is 13.7. The van der Waals surface area contributed by atoms with Crippen molar-refractivity contribution in [3.8, 4) is 0 Å². The molecule has 1 saturated heterocycles. The van der Waals surface area contributed by atoms with Crippen molar-refractivity contribution in [1.82, 2.24) is 0 Å². The van der Waals surface area contributed by atoms with Crippen molar-refractivity contribution in [1.29, 1.82) is 0 Å². The van der Waals surface area contributed by atoms with Crippen LogP contribution in [0.15, 0.2) is 0 Å². The molecule has 114 valence electrons. The molecule has 0 aromatic rings. The first-order chi connectivity index (χ1) is 8.93. The SMILES string of the molecule is CCCCS(=O)(=O)OS1(CC(=O)CC)CCCCC1. The lowest BCUT2D eigenvalue weighted by Crippen LogP contribution is -2.28. The Morgan fingerprint density at radius 3 is 2.32 bits per heavy atom. The molecule has 1 aliphatic rings. The summed E-state index contributed by atoms with van der Waals surface area (Å²) in [5.41, 5.74) is 0. The average molecular weight is 310 g/mol. The van der Waals surface area contributed by atoms with E-state index in [4.69, 9.17) is 3.63 Å². The summed E-state index contributed by atoms with van der Waals surface area (Å²) in [5.74, 6) is 2.07. The van der Waals surface area contributed by atoms with E-state index in [1.54, 1.807) is 0 Å². The predicted octanol–water partition coefficient (Wildman–Crippen LogP) is 3.02. The van der Waals surface area contributed by atoms with Crippen LogP contribution >= 0.6 is 10.3 Å². The number of hydrogen-bond donors (Lipinski definition) is 0. The maximum atomic E-state index is 12.0. The molecule has 1 aliphatic heterocycles. The zero-order valence-electron chi connectivity index (χ0n) is 12.0. The molecule has 0 unspecified atom stereocenters. The molecule has 0 radical (unpaired) electrons. The number of unbranched alkanes of at least 4 members (excludes halogenated alkanes) is 1. The average Bonchev–Trinajstić information content (AvgIpc) is 2.36. The Bertz CT molecular complexity index is 383. The van der Waals surface area contributed by atoms with Crippen molar-refractivity contribution in [2.45, 2.75) is 52.4 Å². The van der Waals surface area contributed by atoms with E-state index in [1.807, 2.05) is 13.8 Å². The molecule has 6 heteroatoms. The van der Waals surface area contributed by atoms with Crippen molar-refractivity contribution in [3.63, 3.8) is 0 Å². The fourth-order valence-corrected chi connectivity index (χ4v) is 8.37. The minimum atomic E-state index is -3.47. The largest absolute Gasteiger partial charge is 0.299 e. The van der Waals surface area contributed by atoms with E-state index in [2.05, 4.69) is 0 Å². The molecule has 1 rings (SSSR count). The van der Waals surface area contributed by atoms with Crippen LogP contribution in [0.1, 0.15) is 52.4 Å². The highest BCUT2D eigenvalue weighted by molar-refractivity contribution is 8.33. The monoisotopic (exact) mass is 310 g/mol. The van der Waals surface area contributed by atoms with E-state index >= 15 is 0 Å². The fraction of sp³-hybridized carbons (Fsp3) is 0.923. The normalized spacial score (nSPS) is 20.9. The van der Waals surface area contributed by atoms with Gasteiger partial charge in [0.15, 0.2) is 0 Å². The van der Waals surface area contributed by atoms with Crippen LogP contribution in [0, 0.1) is 0 Å². The second-order valence-electron chi connectivity index (χ2n) is 5.15. The van der Waals surface area contributed by atoms with Gasteiger partial charge < -0.3 is 0 Å². The highest BCUT2D eigenvalue weighted by Crippen LogP contribution is 2.54. The molecule has 0 atom stereocenters. The Hall–Kier alpha value is -0.0700. The first-order valence-electron chi connectivity index (χ1n) is 7.15. The molecular formula is C13H26O4S2. The van der Waals surface area contributed by atoms with Crippen LogP contribution in [0.5, 0.6) is 0 Å². The summed E-state index contributed by atoms with van der Waals surface area (Å²) in [6, 6.07) is 0. The highest BCUT2D eigenvalue weighted by atomic mass is 32.3. The fourth-order valence-electron chi connectivity index (χ4n) is 2.22. The van der Waals surface area contributed by atoms with E-state index in [0.29, 0.717) is 18.6 Å². The molecule has 1 heterocycles. The summed E-state index contributed by atoms with van der Waals surface area (Å²) in [6.07, 6.45) is 5.00. The van der Waals surface area contributed by atoms with Gasteiger partial charge in [0.2, 0.25) is 0 Å². The van der Waals surface area contributed by atoms with Crippen LogP contribution in [-0.4, -0.2) is 37.2 Å². The van der Waals surface area contributed by atoms with Crippen molar-refractivity contribution in [2.24, 2.45) is 0 Å². The molecule has 0 N–H and O–H groups in total. The molecule has 0 aromatic heterocycles. The number of Topliss-reactive ketones (excluding diaryl/α,β-unsaturated/α-hetero) is 1. The van der Waals surface area contributed by atoms with E-state index in [1.165, 1.54) is 0 Å². The van der Waals surface area contributed by atoms with Gasteiger partial charge in [0.05, 0.1) is 11.5 Å². The lowest BCUT2D eigenvalue weighted by Gasteiger charge is -2.40. The smallest absolute Gasteiger partial charge is 0.276 e. The Balaban J connectivity index is 2.76. The third-order valence-electron chi connectivity index (χ3n) is 3.35. The van der Waals surface area contributed by atoms with Crippen LogP contribution in [0.2, 0.25) is 0 Å². The maximum absolute atomic E-state index is 12.0. The van der Waals surface area contributed by atoms with Crippen LogP contribution in [0.3, 0.4) is 0 Å². The number of carbonyl (C=O) groups excluding carboxylic acids is 1. The maximum Gasteiger partial charge on any atom is 0.276 e. The van der Waals surface area contributed by atoms with Crippen LogP contribution in [0.4, 0.5) is 0 Å². The van der Waals surface area contributed by atoms with Gasteiger partial charge in [0.1, 0.15) is 5.78 Å². The molecular weight excluding hydrogens is 284 g/mol. The van der Waals surface area contributed by atoms with E-state index in [-0.39, 0.29) is 11.5 Å². The molecule has 19 heavy (non-hydrogen) atoms. The second kappa shape index (κ2) is 7.64. The lowest BCUT2D eigenvalue weighted by molar-refractivity contribution is -0.116. The van der Waals surface area contributed by atoms with Gasteiger partial charge in [0, 0.05) is 17.9 Å². The number of carbonyl (C=O) groups is 1. The van der Waals surface area contributed by atoms with Crippen LogP contribution in [-0.2, 0) is 18.5 Å². The standard InChI is InChI=1S/C13H26O4S2/c1-3-5-11-19(15,16)17-18(12-13(14)4-2)9-7-6-8-10-18/h3-12H2,1-2H3. The first-order valence-corrected chi connectivity index (χ1v) is 10.8. The quantitative estimate of drug-likeness (QED) is 0.691. The number of ketones is 1. The number of hydrogen-bond acceptors (Lipinski definition) is 4. The van der Waals surface area contributed by atoms with Gasteiger partial charge in [-0.25, -0.2) is 3.63 Å². The highest BCUT2D eigenvalue weighted by Gasteiger charge is 2.34. The summed E-state index contributed by atoms with van der Waals surface area (Å²) in [7, 11) is -5.21. The third kappa shape index (κ3) is 5.83.